The number of nitrogens with zero attached hydrogens (tertiary/aromatic N) is 1. The van der Waals surface area contributed by atoms with Crippen LogP contribution in [0.25, 0.3) is 55.3 Å². The Hall–Kier alpha value is -6.96. The van der Waals surface area contributed by atoms with Gasteiger partial charge < -0.3 is 4.90 Å². The van der Waals surface area contributed by atoms with Gasteiger partial charge in [-0.05, 0) is 130 Å². The van der Waals surface area contributed by atoms with E-state index >= 15 is 0 Å². The summed E-state index contributed by atoms with van der Waals surface area (Å²) in [6.45, 7) is 11.6. The molecule has 0 amide bonds. The van der Waals surface area contributed by atoms with E-state index in [1.807, 2.05) is 0 Å². The maximum atomic E-state index is 2.52. The van der Waals surface area contributed by atoms with E-state index < -0.39 is 0 Å². The van der Waals surface area contributed by atoms with Gasteiger partial charge in [0.05, 0.1) is 11.1 Å². The molecule has 9 aromatic carbocycles. The molecule has 0 atom stereocenters. The highest BCUT2D eigenvalue weighted by Crippen LogP contribution is 2.63. The van der Waals surface area contributed by atoms with Gasteiger partial charge in [0.2, 0.25) is 0 Å². The lowest BCUT2D eigenvalue weighted by Crippen LogP contribution is -2.25. The third kappa shape index (κ3) is 4.95. The van der Waals surface area contributed by atoms with E-state index in [1.165, 1.54) is 94.2 Å². The summed E-state index contributed by atoms with van der Waals surface area (Å²) >= 11 is 0. The molecule has 1 spiro atoms. The normalized spacial score (nSPS) is 14.6. The lowest BCUT2D eigenvalue weighted by Gasteiger charge is -2.32. The lowest BCUT2D eigenvalue weighted by molar-refractivity contribution is 0.590. The molecule has 0 bridgehead atoms. The molecule has 61 heavy (non-hydrogen) atoms. The maximum absolute atomic E-state index is 2.52. The second kappa shape index (κ2) is 12.8. The van der Waals surface area contributed by atoms with Crippen LogP contribution in [0.15, 0.2) is 194 Å². The van der Waals surface area contributed by atoms with Gasteiger partial charge in [-0.1, -0.05) is 192 Å². The Balaban J connectivity index is 1.13. The Morgan fingerprint density at radius 2 is 0.869 bits per heavy atom. The second-order valence-electron chi connectivity index (χ2n) is 18.9. The molecule has 9 aromatic rings. The summed E-state index contributed by atoms with van der Waals surface area (Å²) < 4.78 is 0. The molecule has 1 nitrogen and oxygen atoms in total. The number of fused-ring (bicyclic) bond motifs is 14. The number of anilines is 3. The van der Waals surface area contributed by atoms with Crippen molar-refractivity contribution in [3.63, 3.8) is 0 Å². The predicted octanol–water partition coefficient (Wildman–Crippen LogP) is 15.9. The first-order valence-corrected chi connectivity index (χ1v) is 21.8. The molecule has 0 saturated carbocycles. The molecule has 0 aliphatic heterocycles. The zero-order valence-corrected chi connectivity index (χ0v) is 35.4. The molecule has 3 aliphatic rings. The van der Waals surface area contributed by atoms with Crippen LogP contribution in [0.1, 0.15) is 73.6 Å². The van der Waals surface area contributed by atoms with Gasteiger partial charge in [-0.15, -0.1) is 0 Å². The van der Waals surface area contributed by atoms with Crippen LogP contribution in [0.2, 0.25) is 0 Å². The lowest BCUT2D eigenvalue weighted by atomic mass is 9.70. The SMILES string of the molecule is CC(C)(C)c1ccc(N(c2ccc3c(c2)-c2ccccc2C32c3ccccc3-c3ccccc32)c2ccc3ccccc3c2-c2ccc3c(c2)-c2ccccc2C3(C)C)cc1. The molecule has 0 radical (unpaired) electrons. The van der Waals surface area contributed by atoms with Gasteiger partial charge in [-0.2, -0.15) is 0 Å². The molecule has 0 fully saturated rings. The van der Waals surface area contributed by atoms with E-state index in [-0.39, 0.29) is 16.2 Å². The Bertz CT molecular complexity index is 3220. The summed E-state index contributed by atoms with van der Waals surface area (Å²) in [7, 11) is 0. The van der Waals surface area contributed by atoms with Crippen molar-refractivity contribution in [2.75, 3.05) is 4.90 Å². The van der Waals surface area contributed by atoms with Crippen molar-refractivity contribution in [3.8, 4) is 44.5 Å². The van der Waals surface area contributed by atoms with Crippen LogP contribution < -0.4 is 4.90 Å². The van der Waals surface area contributed by atoms with Gasteiger partial charge in [0.15, 0.2) is 0 Å². The fourth-order valence-corrected chi connectivity index (χ4v) is 11.4. The van der Waals surface area contributed by atoms with E-state index in [0.717, 1.165) is 17.1 Å². The molecule has 292 valence electrons. The summed E-state index contributed by atoms with van der Waals surface area (Å²) in [5, 5.41) is 2.47. The molecule has 12 rings (SSSR count). The van der Waals surface area contributed by atoms with E-state index in [0.29, 0.717) is 0 Å². The fraction of sp³-hybridized carbons (Fsp3) is 0.133. The van der Waals surface area contributed by atoms with Gasteiger partial charge in [0.1, 0.15) is 0 Å². The third-order valence-electron chi connectivity index (χ3n) is 14.3. The van der Waals surface area contributed by atoms with Crippen LogP contribution in [0, 0.1) is 0 Å². The first-order valence-electron chi connectivity index (χ1n) is 21.8. The predicted molar refractivity (Wildman–Crippen MR) is 257 cm³/mol. The molecular formula is C60H47N. The van der Waals surface area contributed by atoms with Crippen LogP contribution in [0.4, 0.5) is 17.1 Å². The minimum atomic E-state index is -0.389. The molecule has 0 saturated heterocycles. The largest absolute Gasteiger partial charge is 0.310 e. The first-order chi connectivity index (χ1) is 29.7. The third-order valence-corrected chi connectivity index (χ3v) is 14.3. The highest BCUT2D eigenvalue weighted by atomic mass is 15.1. The summed E-state index contributed by atoms with van der Waals surface area (Å²) in [6.07, 6.45) is 0. The second-order valence-corrected chi connectivity index (χ2v) is 18.9. The summed E-state index contributed by atoms with van der Waals surface area (Å²) in [6, 6.07) is 73.6. The molecule has 0 heterocycles. The van der Waals surface area contributed by atoms with Crippen molar-refractivity contribution in [2.45, 2.75) is 50.9 Å². The Kier molecular flexibility index (Phi) is 7.53. The van der Waals surface area contributed by atoms with Gasteiger partial charge >= 0.3 is 0 Å². The summed E-state index contributed by atoms with van der Waals surface area (Å²) in [5.41, 5.74) is 22.9. The minimum Gasteiger partial charge on any atom is -0.310 e. The van der Waals surface area contributed by atoms with E-state index in [1.54, 1.807) is 0 Å². The van der Waals surface area contributed by atoms with Crippen LogP contribution in [-0.4, -0.2) is 0 Å². The van der Waals surface area contributed by atoms with Gasteiger partial charge in [0.25, 0.3) is 0 Å². The molecule has 0 N–H and O–H groups in total. The summed E-state index contributed by atoms with van der Waals surface area (Å²) in [4.78, 5) is 2.52. The summed E-state index contributed by atoms with van der Waals surface area (Å²) in [5.74, 6) is 0. The monoisotopic (exact) mass is 781 g/mol. The molecule has 3 aliphatic carbocycles. The van der Waals surface area contributed by atoms with Crippen LogP contribution in [0.5, 0.6) is 0 Å². The smallest absolute Gasteiger partial charge is 0.0725 e. The highest BCUT2D eigenvalue weighted by Gasteiger charge is 2.51. The van der Waals surface area contributed by atoms with E-state index in [4.69, 9.17) is 0 Å². The van der Waals surface area contributed by atoms with Crippen LogP contribution >= 0.6 is 0 Å². The number of hydrogen-bond donors (Lipinski definition) is 0. The quantitative estimate of drug-likeness (QED) is 0.172. The zero-order chi connectivity index (χ0) is 41.3. The van der Waals surface area contributed by atoms with Crippen molar-refractivity contribution < 1.29 is 0 Å². The van der Waals surface area contributed by atoms with E-state index in [9.17, 15) is 0 Å². The average Bonchev–Trinajstić information content (AvgIpc) is 3.84. The van der Waals surface area contributed by atoms with E-state index in [2.05, 4.69) is 234 Å². The van der Waals surface area contributed by atoms with Gasteiger partial charge in [0, 0.05) is 22.4 Å². The molecule has 1 heteroatoms. The van der Waals surface area contributed by atoms with Gasteiger partial charge in [-0.3, -0.25) is 0 Å². The van der Waals surface area contributed by atoms with Crippen molar-refractivity contribution in [1.82, 2.24) is 0 Å². The van der Waals surface area contributed by atoms with Crippen LogP contribution in [0.3, 0.4) is 0 Å². The van der Waals surface area contributed by atoms with Crippen molar-refractivity contribution in [3.05, 3.63) is 233 Å². The van der Waals surface area contributed by atoms with Crippen molar-refractivity contribution in [1.29, 1.82) is 0 Å². The highest BCUT2D eigenvalue weighted by molar-refractivity contribution is 6.07. The standard InChI is InChI=1S/C60H47N/c1-58(2,3)40-28-30-41(31-29-40)61(56-35-27-38-16-6-7-17-43(38)57(56)39-26-33-51-48(36-39)46-20-8-12-22-50(46)59(51,4)5)42-32-34-55-49(37-42)47-21-11-15-25-54(47)60(55)52-23-13-9-18-44(52)45-19-10-14-24-53(45)60/h6-37H,1-5H3. The number of benzene rings is 9. The van der Waals surface area contributed by atoms with Crippen molar-refractivity contribution in [2.24, 2.45) is 0 Å². The molecule has 0 aromatic heterocycles. The molecule has 0 unspecified atom stereocenters. The Morgan fingerprint density at radius 3 is 1.51 bits per heavy atom. The Labute approximate surface area is 359 Å². The fourth-order valence-electron chi connectivity index (χ4n) is 11.4. The molecular weight excluding hydrogens is 735 g/mol. The minimum absolute atomic E-state index is 0.0332. The first kappa shape index (κ1) is 35.9. The topological polar surface area (TPSA) is 3.24 Å². The Morgan fingerprint density at radius 1 is 0.393 bits per heavy atom. The number of hydrogen-bond acceptors (Lipinski definition) is 1. The number of rotatable bonds is 4. The average molecular weight is 782 g/mol. The zero-order valence-electron chi connectivity index (χ0n) is 35.4. The van der Waals surface area contributed by atoms with Crippen molar-refractivity contribution >= 4 is 27.8 Å². The van der Waals surface area contributed by atoms with Crippen LogP contribution in [-0.2, 0) is 16.2 Å². The van der Waals surface area contributed by atoms with Gasteiger partial charge in [-0.25, -0.2) is 0 Å². The maximum Gasteiger partial charge on any atom is 0.0725 e.